The Morgan fingerprint density at radius 1 is 0.419 bits per heavy atom. The van der Waals surface area contributed by atoms with Crippen molar-refractivity contribution in [2.24, 2.45) is 0 Å². The lowest BCUT2D eigenvalue weighted by Gasteiger charge is -2.16. The van der Waals surface area contributed by atoms with Crippen LogP contribution in [0.1, 0.15) is 129 Å². The molecule has 2 aromatic carbocycles. The average molecular weight is 421 g/mol. The number of hydrogen-bond acceptors (Lipinski definition) is 2. The van der Waals surface area contributed by atoms with Crippen molar-refractivity contribution >= 4 is 11.6 Å². The van der Waals surface area contributed by atoms with E-state index in [0.717, 1.165) is 0 Å². The average Bonchev–Trinajstić information content (AvgIpc) is 2.81. The molecule has 0 radical (unpaired) electrons. The zero-order valence-electron chi connectivity index (χ0n) is 19.6. The van der Waals surface area contributed by atoms with E-state index < -0.39 is 0 Å². The van der Waals surface area contributed by atoms with Gasteiger partial charge in [0.25, 0.3) is 0 Å². The highest BCUT2D eigenvalue weighted by atomic mass is 16.1. The van der Waals surface area contributed by atoms with Crippen LogP contribution in [0.25, 0.3) is 0 Å². The summed E-state index contributed by atoms with van der Waals surface area (Å²) in [6.45, 7) is 4.58. The van der Waals surface area contributed by atoms with Gasteiger partial charge in [-0.1, -0.05) is 146 Å². The molecule has 0 unspecified atom stereocenters. The number of carbonyl (C=O) groups excluding carboxylic acids is 2. The van der Waals surface area contributed by atoms with E-state index in [9.17, 15) is 9.59 Å². The molecule has 0 fully saturated rings. The van der Waals surface area contributed by atoms with Crippen LogP contribution in [-0.2, 0) is 0 Å². The monoisotopic (exact) mass is 420 g/mol. The number of fused-ring (bicyclic) bond motifs is 2. The molecule has 0 saturated heterocycles. The predicted octanol–water partition coefficient (Wildman–Crippen LogP) is 8.56. The fraction of sp³-hybridized carbons (Fsp3) is 0.517. The molecule has 1 aliphatic carbocycles. The molecule has 31 heavy (non-hydrogen) atoms. The Morgan fingerprint density at radius 2 is 0.645 bits per heavy atom. The molecular formula is C29H40O2. The Balaban J connectivity index is 0.000000221. The van der Waals surface area contributed by atoms with Crippen molar-refractivity contribution in [3.05, 3.63) is 70.8 Å². The highest BCUT2D eigenvalue weighted by Crippen LogP contribution is 2.26. The van der Waals surface area contributed by atoms with E-state index >= 15 is 0 Å². The lowest BCUT2D eigenvalue weighted by molar-refractivity contribution is 0.0979. The molecule has 0 saturated carbocycles. The van der Waals surface area contributed by atoms with Gasteiger partial charge >= 0.3 is 0 Å². The Hall–Kier alpha value is -2.22. The smallest absolute Gasteiger partial charge is 0.194 e. The summed E-state index contributed by atoms with van der Waals surface area (Å²) in [5, 5.41) is 0. The SMILES string of the molecule is CCCCCCCCCCCCCCC.O=C1c2ccccc2C(=O)c2ccccc21. The van der Waals surface area contributed by atoms with Crippen molar-refractivity contribution in [3.8, 4) is 0 Å². The van der Waals surface area contributed by atoms with Gasteiger partial charge in [0.05, 0.1) is 0 Å². The maximum absolute atomic E-state index is 12.1. The van der Waals surface area contributed by atoms with Crippen LogP contribution in [0.3, 0.4) is 0 Å². The summed E-state index contributed by atoms with van der Waals surface area (Å²) in [5.74, 6) is -0.128. The number of benzene rings is 2. The van der Waals surface area contributed by atoms with Crippen LogP contribution in [0.15, 0.2) is 48.5 Å². The summed E-state index contributed by atoms with van der Waals surface area (Å²) < 4.78 is 0. The van der Waals surface area contributed by atoms with Crippen LogP contribution in [0, 0.1) is 0 Å². The lowest BCUT2D eigenvalue weighted by atomic mass is 9.84. The van der Waals surface area contributed by atoms with Crippen molar-refractivity contribution in [2.75, 3.05) is 0 Å². The second-order valence-electron chi connectivity index (χ2n) is 8.64. The van der Waals surface area contributed by atoms with E-state index in [4.69, 9.17) is 0 Å². The fourth-order valence-corrected chi connectivity index (χ4v) is 4.14. The molecule has 0 N–H and O–H groups in total. The van der Waals surface area contributed by atoms with Gasteiger partial charge in [-0.3, -0.25) is 9.59 Å². The molecular weight excluding hydrogens is 380 g/mol. The van der Waals surface area contributed by atoms with Crippen LogP contribution in [0.5, 0.6) is 0 Å². The normalized spacial score (nSPS) is 12.1. The molecule has 0 amide bonds. The first-order chi connectivity index (χ1) is 15.2. The summed E-state index contributed by atoms with van der Waals surface area (Å²) in [5.41, 5.74) is 2.02. The quantitative estimate of drug-likeness (QED) is 0.275. The van der Waals surface area contributed by atoms with E-state index in [1.165, 1.54) is 83.5 Å². The van der Waals surface area contributed by atoms with E-state index in [1.807, 2.05) is 0 Å². The van der Waals surface area contributed by atoms with Crippen molar-refractivity contribution in [1.82, 2.24) is 0 Å². The zero-order chi connectivity index (χ0) is 22.3. The number of carbonyl (C=O) groups is 2. The molecule has 1 aliphatic rings. The molecule has 0 atom stereocenters. The molecule has 0 heterocycles. The molecule has 168 valence electrons. The molecule has 2 nitrogen and oxygen atoms in total. The van der Waals surface area contributed by atoms with Gasteiger partial charge in [0, 0.05) is 22.3 Å². The summed E-state index contributed by atoms with van der Waals surface area (Å²) in [7, 11) is 0. The number of rotatable bonds is 12. The first-order valence-corrected chi connectivity index (χ1v) is 12.5. The minimum Gasteiger partial charge on any atom is -0.289 e. The van der Waals surface area contributed by atoms with Crippen LogP contribution >= 0.6 is 0 Å². The minimum atomic E-state index is -0.0641. The lowest BCUT2D eigenvalue weighted by Crippen LogP contribution is -2.20. The Morgan fingerprint density at radius 3 is 0.871 bits per heavy atom. The molecule has 3 rings (SSSR count). The molecule has 0 aliphatic heterocycles. The Kier molecular flexibility index (Phi) is 11.9. The first kappa shape index (κ1) is 25.0. The van der Waals surface area contributed by atoms with Crippen molar-refractivity contribution < 1.29 is 9.59 Å². The van der Waals surface area contributed by atoms with Gasteiger partial charge in [-0.2, -0.15) is 0 Å². The van der Waals surface area contributed by atoms with Crippen molar-refractivity contribution in [3.63, 3.8) is 0 Å². The van der Waals surface area contributed by atoms with Crippen LogP contribution < -0.4 is 0 Å². The third-order valence-electron chi connectivity index (χ3n) is 6.04. The largest absolute Gasteiger partial charge is 0.289 e. The van der Waals surface area contributed by atoms with Gasteiger partial charge in [0.1, 0.15) is 0 Å². The topological polar surface area (TPSA) is 34.1 Å². The molecule has 2 aromatic rings. The molecule has 0 bridgehead atoms. The van der Waals surface area contributed by atoms with Crippen LogP contribution in [-0.4, -0.2) is 11.6 Å². The molecule has 0 aromatic heterocycles. The summed E-state index contributed by atoms with van der Waals surface area (Å²) in [4.78, 5) is 24.2. The van der Waals surface area contributed by atoms with Gasteiger partial charge in [0.15, 0.2) is 11.6 Å². The summed E-state index contributed by atoms with van der Waals surface area (Å²) >= 11 is 0. The van der Waals surface area contributed by atoms with Crippen molar-refractivity contribution in [1.29, 1.82) is 0 Å². The third kappa shape index (κ3) is 8.09. The van der Waals surface area contributed by atoms with Crippen LogP contribution in [0.4, 0.5) is 0 Å². The van der Waals surface area contributed by atoms with Gasteiger partial charge < -0.3 is 0 Å². The minimum absolute atomic E-state index is 0.0641. The van der Waals surface area contributed by atoms with Gasteiger partial charge in [-0.15, -0.1) is 0 Å². The predicted molar refractivity (Wildman–Crippen MR) is 131 cm³/mol. The van der Waals surface area contributed by atoms with Crippen molar-refractivity contribution in [2.45, 2.75) is 97.3 Å². The maximum atomic E-state index is 12.1. The Labute approximate surface area is 189 Å². The van der Waals surface area contributed by atoms with Gasteiger partial charge in [0.2, 0.25) is 0 Å². The van der Waals surface area contributed by atoms with E-state index in [2.05, 4.69) is 13.8 Å². The maximum Gasteiger partial charge on any atom is 0.194 e. The molecule has 2 heteroatoms. The second-order valence-corrected chi connectivity index (χ2v) is 8.64. The standard InChI is InChI=1S/C15H32.C14H8O2/c1-3-5-7-9-11-13-15-14-12-10-8-6-4-2;15-13-9-5-1-2-6-10(9)14(16)12-8-4-3-7-11(12)13/h3-15H2,1-2H3;1-8H. The zero-order valence-corrected chi connectivity index (χ0v) is 19.6. The highest BCUT2D eigenvalue weighted by Gasteiger charge is 2.28. The molecule has 0 spiro atoms. The van der Waals surface area contributed by atoms with E-state index in [0.29, 0.717) is 22.3 Å². The fourth-order valence-electron chi connectivity index (χ4n) is 4.14. The summed E-state index contributed by atoms with van der Waals surface area (Å²) in [6.07, 6.45) is 18.9. The highest BCUT2D eigenvalue weighted by molar-refractivity contribution is 6.28. The van der Waals surface area contributed by atoms with Crippen LogP contribution in [0.2, 0.25) is 0 Å². The Bertz CT molecular complexity index is 688. The second kappa shape index (κ2) is 14.7. The van der Waals surface area contributed by atoms with Gasteiger partial charge in [-0.25, -0.2) is 0 Å². The van der Waals surface area contributed by atoms with Gasteiger partial charge in [-0.05, 0) is 0 Å². The number of hydrogen-bond donors (Lipinski definition) is 0. The van der Waals surface area contributed by atoms with E-state index in [1.54, 1.807) is 48.5 Å². The number of ketones is 2. The van der Waals surface area contributed by atoms with E-state index in [-0.39, 0.29) is 11.6 Å². The third-order valence-corrected chi connectivity index (χ3v) is 6.04. The summed E-state index contributed by atoms with van der Waals surface area (Å²) in [6, 6.07) is 13.9. The number of unbranched alkanes of at least 4 members (excludes halogenated alkanes) is 12. The first-order valence-electron chi connectivity index (χ1n) is 12.5.